The number of carbonyl (C=O) groups excluding carboxylic acids is 2. The monoisotopic (exact) mass is 570 g/mol. The fraction of sp³-hybridized carbons (Fsp3) is 0.312. The fourth-order valence-corrected chi connectivity index (χ4v) is 4.83. The molecule has 0 saturated carbocycles. The summed E-state index contributed by atoms with van der Waals surface area (Å²) in [6.07, 6.45) is 8.76. The first kappa shape index (κ1) is 28.7. The Balaban J connectivity index is 1.52. The van der Waals surface area contributed by atoms with Crippen LogP contribution in [0.1, 0.15) is 59.7 Å². The number of esters is 1. The Labute approximate surface area is 244 Å². The van der Waals surface area contributed by atoms with Crippen LogP contribution >= 0.6 is 0 Å². The van der Waals surface area contributed by atoms with E-state index in [1.54, 1.807) is 28.8 Å². The second kappa shape index (κ2) is 11.9. The van der Waals surface area contributed by atoms with Crippen molar-refractivity contribution in [3.63, 3.8) is 0 Å². The summed E-state index contributed by atoms with van der Waals surface area (Å²) in [4.78, 5) is 35.7. The van der Waals surface area contributed by atoms with Crippen LogP contribution in [0.15, 0.2) is 67.1 Å². The molecule has 1 aliphatic rings. The zero-order chi connectivity index (χ0) is 29.9. The molecule has 3 heterocycles. The molecule has 0 bridgehead atoms. The number of nitrogens with zero attached hydrogens (tertiary/aromatic N) is 4. The van der Waals surface area contributed by atoms with E-state index >= 15 is 0 Å². The van der Waals surface area contributed by atoms with Gasteiger partial charge in [-0.3, -0.25) is 9.30 Å². The van der Waals surface area contributed by atoms with E-state index in [0.29, 0.717) is 42.4 Å². The lowest BCUT2D eigenvalue weighted by Crippen LogP contribution is -2.42. The van der Waals surface area contributed by atoms with Crippen LogP contribution in [-0.2, 0) is 22.5 Å². The van der Waals surface area contributed by atoms with Gasteiger partial charge in [-0.2, -0.15) is 0 Å². The van der Waals surface area contributed by atoms with Gasteiger partial charge >= 0.3 is 12.1 Å². The summed E-state index contributed by atoms with van der Waals surface area (Å²) < 4.78 is 24.2. The minimum atomic E-state index is -0.655. The van der Waals surface area contributed by atoms with Crippen molar-refractivity contribution in [3.8, 4) is 11.5 Å². The van der Waals surface area contributed by atoms with E-state index in [-0.39, 0.29) is 5.69 Å². The van der Waals surface area contributed by atoms with Crippen LogP contribution in [-0.4, -0.2) is 57.7 Å². The molecule has 1 unspecified atom stereocenters. The Hall–Kier alpha value is -4.86. The van der Waals surface area contributed by atoms with Crippen molar-refractivity contribution in [3.05, 3.63) is 95.2 Å². The highest BCUT2D eigenvalue weighted by Crippen LogP contribution is 2.40. The van der Waals surface area contributed by atoms with Crippen LogP contribution in [0.2, 0.25) is 0 Å². The Kier molecular flexibility index (Phi) is 8.15. The standard InChI is InChI=1S/C32H34N4O6/c1-32(2,3)42-31(38)35-14-13-22-15-28(41-20-21-9-7-6-8-10-21)27(39-4)16-24(22)26(35)12-11-23-17-34-29-18-33-25(19-36(23)29)30(37)40-5/h6-12,15-19,26H,13-14,20H2,1-5H3/b12-11+. The molecular weight excluding hydrogens is 536 g/mol. The number of methoxy groups -OCH3 is 2. The molecule has 4 aromatic rings. The van der Waals surface area contributed by atoms with Crippen molar-refractivity contribution in [2.45, 2.75) is 45.4 Å². The minimum absolute atomic E-state index is 0.156. The van der Waals surface area contributed by atoms with Crippen LogP contribution < -0.4 is 9.47 Å². The molecule has 1 aliphatic heterocycles. The quantitative estimate of drug-likeness (QED) is 0.263. The maximum absolute atomic E-state index is 13.4. The van der Waals surface area contributed by atoms with E-state index in [4.69, 9.17) is 18.9 Å². The molecule has 0 aliphatic carbocycles. The Morgan fingerprint density at radius 2 is 1.83 bits per heavy atom. The van der Waals surface area contributed by atoms with E-state index in [9.17, 15) is 9.59 Å². The van der Waals surface area contributed by atoms with Gasteiger partial charge in [0.15, 0.2) is 22.8 Å². The van der Waals surface area contributed by atoms with Gasteiger partial charge in [0.1, 0.15) is 12.2 Å². The van der Waals surface area contributed by atoms with Gasteiger partial charge in [0.2, 0.25) is 0 Å². The molecule has 1 amide bonds. The maximum Gasteiger partial charge on any atom is 0.411 e. The smallest absolute Gasteiger partial charge is 0.411 e. The van der Waals surface area contributed by atoms with Crippen LogP contribution in [0.5, 0.6) is 11.5 Å². The zero-order valence-electron chi connectivity index (χ0n) is 24.4. The summed E-state index contributed by atoms with van der Waals surface area (Å²) >= 11 is 0. The number of hydrogen-bond donors (Lipinski definition) is 0. The van der Waals surface area contributed by atoms with Gasteiger partial charge in [-0.05, 0) is 62.1 Å². The summed E-state index contributed by atoms with van der Waals surface area (Å²) in [5.41, 5.74) is 3.76. The third-order valence-electron chi connectivity index (χ3n) is 6.84. The van der Waals surface area contributed by atoms with Gasteiger partial charge < -0.3 is 18.9 Å². The third-order valence-corrected chi connectivity index (χ3v) is 6.84. The average Bonchev–Trinajstić information content (AvgIpc) is 3.39. The topological polar surface area (TPSA) is 104 Å². The Morgan fingerprint density at radius 3 is 2.55 bits per heavy atom. The van der Waals surface area contributed by atoms with Crippen molar-refractivity contribution in [2.24, 2.45) is 0 Å². The van der Waals surface area contributed by atoms with E-state index in [1.807, 2.05) is 75.4 Å². The summed E-state index contributed by atoms with van der Waals surface area (Å²) in [5.74, 6) is 0.658. The first-order valence-electron chi connectivity index (χ1n) is 13.6. The molecule has 0 N–H and O–H groups in total. The Morgan fingerprint density at radius 1 is 1.05 bits per heavy atom. The van der Waals surface area contributed by atoms with Gasteiger partial charge in [0.25, 0.3) is 0 Å². The molecule has 2 aromatic heterocycles. The van der Waals surface area contributed by atoms with E-state index in [2.05, 4.69) is 9.97 Å². The van der Waals surface area contributed by atoms with Gasteiger partial charge in [0.05, 0.1) is 38.3 Å². The molecule has 5 rings (SSSR count). The number of carbonyl (C=O) groups is 2. The van der Waals surface area contributed by atoms with Crippen LogP contribution in [0.3, 0.4) is 0 Å². The summed E-state index contributed by atoms with van der Waals surface area (Å²) in [5, 5.41) is 0. The normalized spacial score (nSPS) is 15.0. The molecule has 218 valence electrons. The molecule has 1 atom stereocenters. The summed E-state index contributed by atoms with van der Waals surface area (Å²) in [6.45, 7) is 6.39. The van der Waals surface area contributed by atoms with E-state index in [0.717, 1.165) is 16.7 Å². The van der Waals surface area contributed by atoms with Crippen molar-refractivity contribution in [1.82, 2.24) is 19.3 Å². The summed E-state index contributed by atoms with van der Waals surface area (Å²) in [6, 6.07) is 13.4. The lowest BCUT2D eigenvalue weighted by Gasteiger charge is -2.37. The van der Waals surface area contributed by atoms with Gasteiger partial charge in [-0.15, -0.1) is 0 Å². The first-order valence-corrected chi connectivity index (χ1v) is 13.6. The lowest BCUT2D eigenvalue weighted by molar-refractivity contribution is 0.0184. The van der Waals surface area contributed by atoms with Gasteiger partial charge in [0, 0.05) is 12.7 Å². The molecule has 0 radical (unpaired) electrons. The van der Waals surface area contributed by atoms with Crippen molar-refractivity contribution >= 4 is 23.8 Å². The van der Waals surface area contributed by atoms with Crippen LogP contribution in [0.25, 0.3) is 11.7 Å². The molecule has 2 aromatic carbocycles. The first-order chi connectivity index (χ1) is 20.2. The highest BCUT2D eigenvalue weighted by molar-refractivity contribution is 5.87. The molecule has 10 nitrogen and oxygen atoms in total. The molecular formula is C32H34N4O6. The number of aromatic nitrogens is 3. The number of hydrogen-bond acceptors (Lipinski definition) is 8. The second-order valence-corrected chi connectivity index (χ2v) is 10.9. The largest absolute Gasteiger partial charge is 0.493 e. The van der Waals surface area contributed by atoms with Crippen molar-refractivity contribution in [1.29, 1.82) is 0 Å². The van der Waals surface area contributed by atoms with Crippen LogP contribution in [0.4, 0.5) is 4.79 Å². The Bertz CT molecular complexity index is 1620. The number of fused-ring (bicyclic) bond motifs is 2. The van der Waals surface area contributed by atoms with Crippen LogP contribution in [0, 0.1) is 0 Å². The lowest BCUT2D eigenvalue weighted by atomic mass is 9.91. The number of amides is 1. The highest BCUT2D eigenvalue weighted by Gasteiger charge is 2.33. The maximum atomic E-state index is 13.4. The molecule has 42 heavy (non-hydrogen) atoms. The van der Waals surface area contributed by atoms with Crippen molar-refractivity contribution in [2.75, 3.05) is 20.8 Å². The fourth-order valence-electron chi connectivity index (χ4n) is 4.83. The predicted octanol–water partition coefficient (Wildman–Crippen LogP) is 5.65. The third kappa shape index (κ3) is 6.22. The average molecular weight is 571 g/mol. The zero-order valence-corrected chi connectivity index (χ0v) is 24.4. The van der Waals surface area contributed by atoms with Gasteiger partial charge in [-0.1, -0.05) is 36.4 Å². The number of rotatable bonds is 7. The van der Waals surface area contributed by atoms with Crippen molar-refractivity contribution < 1.29 is 28.5 Å². The molecule has 10 heteroatoms. The second-order valence-electron chi connectivity index (χ2n) is 10.9. The SMILES string of the molecule is COC(=O)c1cn2c(/C=C/C3c4cc(OC)c(OCc5ccccc5)cc4CCN3C(=O)OC(C)(C)C)cnc2cn1. The number of benzene rings is 2. The van der Waals surface area contributed by atoms with E-state index < -0.39 is 23.7 Å². The predicted molar refractivity (Wildman–Crippen MR) is 157 cm³/mol. The molecule has 0 fully saturated rings. The number of imidazole rings is 1. The highest BCUT2D eigenvalue weighted by atomic mass is 16.6. The minimum Gasteiger partial charge on any atom is -0.493 e. The van der Waals surface area contributed by atoms with E-state index in [1.165, 1.54) is 13.3 Å². The number of ether oxygens (including phenoxy) is 4. The summed E-state index contributed by atoms with van der Waals surface area (Å²) in [7, 11) is 2.91. The molecule has 0 spiro atoms. The van der Waals surface area contributed by atoms with Gasteiger partial charge in [-0.25, -0.2) is 19.6 Å². The molecule has 0 saturated heterocycles.